The van der Waals surface area contributed by atoms with Crippen molar-refractivity contribution in [3.63, 3.8) is 0 Å². The van der Waals surface area contributed by atoms with Crippen LogP contribution in [0.25, 0.3) is 11.8 Å². The number of aliphatic carboxylic acids is 1. The highest BCUT2D eigenvalue weighted by Gasteiger charge is 2.01. The van der Waals surface area contributed by atoms with E-state index in [-0.39, 0.29) is 5.82 Å². The number of aromatic nitrogens is 3. The van der Waals surface area contributed by atoms with E-state index in [1.807, 2.05) is 0 Å². The molecule has 1 N–H and O–H groups in total. The Morgan fingerprint density at radius 2 is 2.29 bits per heavy atom. The fourth-order valence-electron chi connectivity index (χ4n) is 1.25. The van der Waals surface area contributed by atoms with Gasteiger partial charge in [0.15, 0.2) is 0 Å². The molecule has 1 aromatic heterocycles. The van der Waals surface area contributed by atoms with Crippen LogP contribution in [0, 0.1) is 5.82 Å². The number of hydrogen-bond donors (Lipinski definition) is 1. The molecule has 17 heavy (non-hydrogen) atoms. The summed E-state index contributed by atoms with van der Waals surface area (Å²) < 4.78 is 14.3. The Bertz CT molecular complexity index is 578. The Morgan fingerprint density at radius 3 is 3.00 bits per heavy atom. The number of benzene rings is 1. The third-order valence-electron chi connectivity index (χ3n) is 1.98. The van der Waals surface area contributed by atoms with Gasteiger partial charge in [0.2, 0.25) is 0 Å². The van der Waals surface area contributed by atoms with Crippen LogP contribution in [-0.2, 0) is 4.79 Å². The molecule has 0 atom stereocenters. The van der Waals surface area contributed by atoms with Crippen molar-refractivity contribution in [2.24, 2.45) is 0 Å². The van der Waals surface area contributed by atoms with Crippen LogP contribution in [0.2, 0.25) is 0 Å². The standard InChI is InChI=1S/C11H8FN3O2/c12-8-2-1-3-10(6-8)15-7-9(13-14-15)4-5-11(16)17/h1-7H,(H,16,17)/b5-4+. The van der Waals surface area contributed by atoms with Crippen LogP contribution in [0.3, 0.4) is 0 Å². The largest absolute Gasteiger partial charge is 0.478 e. The van der Waals surface area contributed by atoms with Gasteiger partial charge in [0.05, 0.1) is 11.9 Å². The van der Waals surface area contributed by atoms with Crippen molar-refractivity contribution in [1.29, 1.82) is 0 Å². The molecule has 5 nitrogen and oxygen atoms in total. The number of hydrogen-bond acceptors (Lipinski definition) is 3. The topological polar surface area (TPSA) is 68.0 Å². The predicted octanol–water partition coefficient (Wildman–Crippen LogP) is 1.50. The first-order valence-electron chi connectivity index (χ1n) is 4.74. The maximum absolute atomic E-state index is 13.0. The summed E-state index contributed by atoms with van der Waals surface area (Å²) in [5.41, 5.74) is 0.907. The van der Waals surface area contributed by atoms with Gasteiger partial charge >= 0.3 is 5.97 Å². The first-order chi connectivity index (χ1) is 8.15. The molecule has 0 aliphatic rings. The first kappa shape index (κ1) is 11.0. The summed E-state index contributed by atoms with van der Waals surface area (Å²) in [5.74, 6) is -1.44. The summed E-state index contributed by atoms with van der Waals surface area (Å²) >= 11 is 0. The minimum atomic E-state index is -1.06. The van der Waals surface area contributed by atoms with Crippen LogP contribution in [0.5, 0.6) is 0 Å². The lowest BCUT2D eigenvalue weighted by atomic mass is 10.3. The second-order valence-electron chi connectivity index (χ2n) is 3.24. The fourth-order valence-corrected chi connectivity index (χ4v) is 1.25. The van der Waals surface area contributed by atoms with Crippen molar-refractivity contribution < 1.29 is 14.3 Å². The van der Waals surface area contributed by atoms with Gasteiger partial charge in [0, 0.05) is 6.08 Å². The van der Waals surface area contributed by atoms with Gasteiger partial charge in [-0.05, 0) is 24.3 Å². The molecule has 0 aliphatic heterocycles. The van der Waals surface area contributed by atoms with Crippen LogP contribution in [0.4, 0.5) is 4.39 Å². The first-order valence-corrected chi connectivity index (χ1v) is 4.74. The zero-order valence-electron chi connectivity index (χ0n) is 8.62. The number of halogens is 1. The van der Waals surface area contributed by atoms with Gasteiger partial charge in [-0.1, -0.05) is 11.3 Å². The number of rotatable bonds is 3. The minimum Gasteiger partial charge on any atom is -0.478 e. The lowest BCUT2D eigenvalue weighted by molar-refractivity contribution is -0.131. The molecule has 0 radical (unpaired) electrons. The van der Waals surface area contributed by atoms with Crippen molar-refractivity contribution in [1.82, 2.24) is 15.0 Å². The monoisotopic (exact) mass is 233 g/mol. The molecule has 0 fully saturated rings. The second-order valence-corrected chi connectivity index (χ2v) is 3.24. The Balaban J connectivity index is 2.27. The summed E-state index contributed by atoms with van der Waals surface area (Å²) in [6.07, 6.45) is 3.78. The summed E-state index contributed by atoms with van der Waals surface area (Å²) in [7, 11) is 0. The van der Waals surface area contributed by atoms with Crippen LogP contribution >= 0.6 is 0 Å². The molecule has 0 unspecified atom stereocenters. The average molecular weight is 233 g/mol. The van der Waals surface area contributed by atoms with E-state index in [0.717, 1.165) is 6.08 Å². The van der Waals surface area contributed by atoms with E-state index in [4.69, 9.17) is 5.11 Å². The van der Waals surface area contributed by atoms with E-state index in [9.17, 15) is 9.18 Å². The molecular weight excluding hydrogens is 225 g/mol. The molecular formula is C11H8FN3O2. The molecule has 0 amide bonds. The third-order valence-corrected chi connectivity index (χ3v) is 1.98. The molecule has 2 rings (SSSR count). The molecule has 0 saturated carbocycles. The van der Waals surface area contributed by atoms with Crippen molar-refractivity contribution in [2.75, 3.05) is 0 Å². The van der Waals surface area contributed by atoms with Gasteiger partial charge in [-0.3, -0.25) is 0 Å². The zero-order valence-corrected chi connectivity index (χ0v) is 8.62. The Morgan fingerprint density at radius 1 is 1.47 bits per heavy atom. The van der Waals surface area contributed by atoms with Crippen molar-refractivity contribution >= 4 is 12.0 Å². The lowest BCUT2D eigenvalue weighted by Crippen LogP contribution is -1.94. The number of nitrogens with zero attached hydrogens (tertiary/aromatic N) is 3. The number of carboxylic acid groups (broad SMARTS) is 1. The predicted molar refractivity (Wildman–Crippen MR) is 58.0 cm³/mol. The highest BCUT2D eigenvalue weighted by atomic mass is 19.1. The SMILES string of the molecule is O=C(O)/C=C/c1cn(-c2cccc(F)c2)nn1. The quantitative estimate of drug-likeness (QED) is 0.816. The Labute approximate surface area is 95.8 Å². The maximum atomic E-state index is 13.0. The molecule has 86 valence electrons. The van der Waals surface area contributed by atoms with Crippen LogP contribution in [0.1, 0.15) is 5.69 Å². The molecule has 0 saturated heterocycles. The van der Waals surface area contributed by atoms with E-state index in [1.165, 1.54) is 29.1 Å². The van der Waals surface area contributed by atoms with Gasteiger partial charge in [-0.15, -0.1) is 5.10 Å². The molecule has 0 aliphatic carbocycles. The molecule has 1 aromatic carbocycles. The zero-order chi connectivity index (χ0) is 12.3. The highest BCUT2D eigenvalue weighted by molar-refractivity contribution is 5.84. The maximum Gasteiger partial charge on any atom is 0.328 e. The fraction of sp³-hybridized carbons (Fsp3) is 0. The van der Waals surface area contributed by atoms with E-state index in [0.29, 0.717) is 11.4 Å². The number of carboxylic acids is 1. The summed E-state index contributed by atoms with van der Waals surface area (Å²) in [6.45, 7) is 0. The molecule has 0 spiro atoms. The normalized spacial score (nSPS) is 10.9. The van der Waals surface area contributed by atoms with Crippen molar-refractivity contribution in [3.05, 3.63) is 48.0 Å². The number of carbonyl (C=O) groups is 1. The van der Waals surface area contributed by atoms with Gasteiger partial charge < -0.3 is 5.11 Å². The van der Waals surface area contributed by atoms with E-state index in [1.54, 1.807) is 12.1 Å². The Hall–Kier alpha value is -2.50. The third kappa shape index (κ3) is 2.75. The summed E-state index contributed by atoms with van der Waals surface area (Å²) in [5, 5.41) is 15.9. The molecule has 2 aromatic rings. The van der Waals surface area contributed by atoms with Crippen LogP contribution in [-0.4, -0.2) is 26.1 Å². The van der Waals surface area contributed by atoms with Gasteiger partial charge in [0.25, 0.3) is 0 Å². The van der Waals surface area contributed by atoms with E-state index < -0.39 is 5.97 Å². The van der Waals surface area contributed by atoms with Crippen LogP contribution in [0.15, 0.2) is 36.5 Å². The minimum absolute atomic E-state index is 0.374. The Kier molecular flexibility index (Phi) is 2.95. The van der Waals surface area contributed by atoms with E-state index in [2.05, 4.69) is 10.3 Å². The smallest absolute Gasteiger partial charge is 0.328 e. The lowest BCUT2D eigenvalue weighted by Gasteiger charge is -1.98. The molecule has 6 heteroatoms. The molecule has 0 bridgehead atoms. The highest BCUT2D eigenvalue weighted by Crippen LogP contribution is 2.09. The summed E-state index contributed by atoms with van der Waals surface area (Å²) in [6, 6.07) is 5.85. The van der Waals surface area contributed by atoms with Gasteiger partial charge in [-0.2, -0.15) is 0 Å². The second kappa shape index (κ2) is 4.56. The van der Waals surface area contributed by atoms with Gasteiger partial charge in [-0.25, -0.2) is 13.9 Å². The summed E-state index contributed by atoms with van der Waals surface area (Å²) in [4.78, 5) is 10.3. The van der Waals surface area contributed by atoms with E-state index >= 15 is 0 Å². The van der Waals surface area contributed by atoms with Crippen molar-refractivity contribution in [3.8, 4) is 5.69 Å². The van der Waals surface area contributed by atoms with Crippen molar-refractivity contribution in [2.45, 2.75) is 0 Å². The average Bonchev–Trinajstić information content (AvgIpc) is 2.75. The van der Waals surface area contributed by atoms with Gasteiger partial charge in [0.1, 0.15) is 11.5 Å². The molecule has 1 heterocycles. The van der Waals surface area contributed by atoms with Crippen LogP contribution < -0.4 is 0 Å².